The predicted molar refractivity (Wildman–Crippen MR) is 84.4 cm³/mol. The van der Waals surface area contributed by atoms with Gasteiger partial charge in [-0.1, -0.05) is 41.9 Å². The van der Waals surface area contributed by atoms with Gasteiger partial charge in [0.25, 0.3) is 0 Å². The maximum atomic E-state index is 6.16. The van der Waals surface area contributed by atoms with Gasteiger partial charge in [0, 0.05) is 22.4 Å². The van der Waals surface area contributed by atoms with Crippen molar-refractivity contribution in [2.24, 2.45) is 5.84 Å². The average Bonchev–Trinajstić information content (AvgIpc) is 2.43. The topological polar surface area (TPSA) is 63.8 Å². The van der Waals surface area contributed by atoms with Gasteiger partial charge in [-0.05, 0) is 24.6 Å². The van der Waals surface area contributed by atoms with Crippen LogP contribution in [0.2, 0.25) is 10.0 Å². The molecule has 7 heteroatoms. The van der Waals surface area contributed by atoms with E-state index in [0.717, 1.165) is 28.6 Å². The first-order valence-electron chi connectivity index (χ1n) is 6.10. The molecule has 0 saturated heterocycles. The van der Waals surface area contributed by atoms with Crippen LogP contribution >= 0.6 is 35.0 Å². The Kier molecular flexibility index (Phi) is 5.48. The highest BCUT2D eigenvalue weighted by atomic mass is 35.5. The number of hydrogen-bond donors (Lipinski definition) is 2. The van der Waals surface area contributed by atoms with Crippen LogP contribution in [0, 0.1) is 0 Å². The summed E-state index contributed by atoms with van der Waals surface area (Å²) in [6, 6.07) is 7.11. The number of anilines is 1. The Morgan fingerprint density at radius 1 is 1.25 bits per heavy atom. The largest absolute Gasteiger partial charge is 0.308 e. The first-order chi connectivity index (χ1) is 9.62. The Bertz CT molecular complexity index is 607. The van der Waals surface area contributed by atoms with Crippen molar-refractivity contribution >= 4 is 40.8 Å². The second kappa shape index (κ2) is 7.13. The zero-order valence-electron chi connectivity index (χ0n) is 10.9. The van der Waals surface area contributed by atoms with Crippen molar-refractivity contribution in [3.8, 4) is 0 Å². The number of aryl methyl sites for hydroxylation is 1. The molecule has 4 nitrogen and oxygen atoms in total. The lowest BCUT2D eigenvalue weighted by Gasteiger charge is -2.08. The average molecular weight is 329 g/mol. The molecule has 0 unspecified atom stereocenters. The quantitative estimate of drug-likeness (QED) is 0.490. The predicted octanol–water partition coefficient (Wildman–Crippen LogP) is 4.17. The van der Waals surface area contributed by atoms with E-state index >= 15 is 0 Å². The molecule has 20 heavy (non-hydrogen) atoms. The molecule has 0 radical (unpaired) electrons. The van der Waals surface area contributed by atoms with Crippen LogP contribution in [0.3, 0.4) is 0 Å². The molecule has 0 aliphatic rings. The third-order valence-electron chi connectivity index (χ3n) is 2.48. The van der Waals surface area contributed by atoms with Crippen LogP contribution in [0.1, 0.15) is 19.2 Å². The van der Waals surface area contributed by atoms with Crippen molar-refractivity contribution in [2.45, 2.75) is 29.7 Å². The highest BCUT2D eigenvalue weighted by Crippen LogP contribution is 2.34. The molecule has 1 aromatic carbocycles. The minimum Gasteiger partial charge on any atom is -0.308 e. The Morgan fingerprint density at radius 2 is 2.05 bits per heavy atom. The molecule has 1 heterocycles. The number of aromatic nitrogens is 2. The number of nitrogens with one attached hydrogen (secondary N) is 1. The van der Waals surface area contributed by atoms with E-state index in [9.17, 15) is 0 Å². The number of nitrogen functional groups attached to an aromatic ring is 1. The summed E-state index contributed by atoms with van der Waals surface area (Å²) in [5, 5.41) is 2.05. The number of rotatable bonds is 5. The van der Waals surface area contributed by atoms with Gasteiger partial charge >= 0.3 is 0 Å². The molecule has 0 aliphatic heterocycles. The van der Waals surface area contributed by atoms with Crippen LogP contribution in [-0.2, 0) is 6.42 Å². The van der Waals surface area contributed by atoms with E-state index in [0.29, 0.717) is 15.9 Å². The second-order valence-electron chi connectivity index (χ2n) is 4.08. The van der Waals surface area contributed by atoms with E-state index in [2.05, 4.69) is 22.3 Å². The lowest BCUT2D eigenvalue weighted by molar-refractivity contribution is 0.810. The van der Waals surface area contributed by atoms with Crippen LogP contribution in [0.25, 0.3) is 0 Å². The maximum Gasteiger partial charge on any atom is 0.144 e. The Morgan fingerprint density at radius 3 is 2.75 bits per heavy atom. The van der Waals surface area contributed by atoms with Crippen LogP contribution in [-0.4, -0.2) is 9.97 Å². The van der Waals surface area contributed by atoms with Gasteiger partial charge in [-0.15, -0.1) is 0 Å². The van der Waals surface area contributed by atoms with Crippen molar-refractivity contribution in [1.29, 1.82) is 0 Å². The summed E-state index contributed by atoms with van der Waals surface area (Å²) in [4.78, 5) is 9.65. The van der Waals surface area contributed by atoms with E-state index < -0.39 is 0 Å². The highest BCUT2D eigenvalue weighted by molar-refractivity contribution is 7.99. The number of hydrogen-bond acceptors (Lipinski definition) is 5. The van der Waals surface area contributed by atoms with E-state index in [-0.39, 0.29) is 0 Å². The smallest absolute Gasteiger partial charge is 0.144 e. The maximum absolute atomic E-state index is 6.16. The molecule has 0 atom stereocenters. The van der Waals surface area contributed by atoms with Gasteiger partial charge in [0.1, 0.15) is 16.7 Å². The fourth-order valence-electron chi connectivity index (χ4n) is 1.60. The van der Waals surface area contributed by atoms with Crippen molar-refractivity contribution < 1.29 is 0 Å². The summed E-state index contributed by atoms with van der Waals surface area (Å²) in [7, 11) is 0. The van der Waals surface area contributed by atoms with E-state index in [1.165, 1.54) is 11.8 Å². The summed E-state index contributed by atoms with van der Waals surface area (Å²) >= 11 is 13.6. The lowest BCUT2D eigenvalue weighted by atomic mass is 10.3. The number of halogens is 2. The summed E-state index contributed by atoms with van der Waals surface area (Å²) in [5.74, 6) is 6.77. The fourth-order valence-corrected chi connectivity index (χ4v) is 2.97. The third kappa shape index (κ3) is 3.99. The molecule has 0 bridgehead atoms. The van der Waals surface area contributed by atoms with Crippen molar-refractivity contribution in [3.05, 3.63) is 40.1 Å². The van der Waals surface area contributed by atoms with Gasteiger partial charge in [-0.3, -0.25) is 0 Å². The molecule has 2 aromatic rings. The van der Waals surface area contributed by atoms with Gasteiger partial charge in [-0.25, -0.2) is 15.8 Å². The molecular weight excluding hydrogens is 315 g/mol. The fraction of sp³-hybridized carbons (Fsp3) is 0.231. The van der Waals surface area contributed by atoms with Crippen LogP contribution < -0.4 is 11.3 Å². The molecule has 0 spiro atoms. The van der Waals surface area contributed by atoms with Gasteiger partial charge in [0.2, 0.25) is 0 Å². The summed E-state index contributed by atoms with van der Waals surface area (Å²) in [5.41, 5.74) is 2.55. The molecule has 3 N–H and O–H groups in total. The Hall–Kier alpha value is -1.01. The molecule has 1 aromatic heterocycles. The molecule has 106 valence electrons. The Balaban J connectivity index is 2.32. The second-order valence-corrected chi connectivity index (χ2v) is 5.98. The van der Waals surface area contributed by atoms with Crippen molar-refractivity contribution in [1.82, 2.24) is 9.97 Å². The van der Waals surface area contributed by atoms with Crippen LogP contribution in [0.5, 0.6) is 0 Å². The summed E-state index contributed by atoms with van der Waals surface area (Å²) in [6.07, 6.45) is 1.77. The van der Waals surface area contributed by atoms with Crippen LogP contribution in [0.4, 0.5) is 5.82 Å². The van der Waals surface area contributed by atoms with Gasteiger partial charge < -0.3 is 5.43 Å². The molecular formula is C13H14Cl2N4S. The van der Waals surface area contributed by atoms with Crippen LogP contribution in [0.15, 0.2) is 34.2 Å². The van der Waals surface area contributed by atoms with Gasteiger partial charge in [0.05, 0.1) is 5.02 Å². The van der Waals surface area contributed by atoms with Crippen molar-refractivity contribution in [2.75, 3.05) is 5.43 Å². The number of hydrazine groups is 1. The number of nitrogens with two attached hydrogens (primary N) is 1. The molecule has 0 aliphatic carbocycles. The number of benzene rings is 1. The lowest BCUT2D eigenvalue weighted by Crippen LogP contribution is -2.10. The minimum atomic E-state index is 0.587. The Labute approximate surface area is 132 Å². The first-order valence-corrected chi connectivity index (χ1v) is 7.67. The SMILES string of the molecule is CCCc1nc(NN)cc(Sc2cc(Cl)ccc2Cl)n1. The summed E-state index contributed by atoms with van der Waals surface area (Å²) in [6.45, 7) is 2.08. The molecule has 0 amide bonds. The first kappa shape index (κ1) is 15.4. The molecule has 0 saturated carbocycles. The zero-order chi connectivity index (χ0) is 14.5. The van der Waals surface area contributed by atoms with E-state index in [4.69, 9.17) is 29.0 Å². The standard InChI is InChI=1S/C13H14Cl2N4S/c1-2-3-11-17-12(19-16)7-13(18-11)20-10-6-8(14)4-5-9(10)15/h4-7H,2-3,16H2,1H3,(H,17,18,19). The summed E-state index contributed by atoms with van der Waals surface area (Å²) < 4.78 is 0. The van der Waals surface area contributed by atoms with Gasteiger partial charge in [0.15, 0.2) is 0 Å². The third-order valence-corrected chi connectivity index (χ3v) is 4.13. The minimum absolute atomic E-state index is 0.587. The molecule has 0 fully saturated rings. The normalized spacial score (nSPS) is 10.6. The van der Waals surface area contributed by atoms with E-state index in [1.807, 2.05) is 6.07 Å². The monoisotopic (exact) mass is 328 g/mol. The van der Waals surface area contributed by atoms with Gasteiger partial charge in [-0.2, -0.15) is 0 Å². The highest BCUT2D eigenvalue weighted by Gasteiger charge is 2.08. The van der Waals surface area contributed by atoms with Crippen molar-refractivity contribution in [3.63, 3.8) is 0 Å². The molecule has 2 rings (SSSR count). The number of nitrogens with zero attached hydrogens (tertiary/aromatic N) is 2. The van der Waals surface area contributed by atoms with E-state index in [1.54, 1.807) is 18.2 Å². The zero-order valence-corrected chi connectivity index (χ0v) is 13.2.